The Morgan fingerprint density at radius 2 is 1.95 bits per heavy atom. The molecular formula is C17H15NO4. The van der Waals surface area contributed by atoms with Crippen molar-refractivity contribution >= 4 is 22.7 Å². The summed E-state index contributed by atoms with van der Waals surface area (Å²) in [6.45, 7) is 3.39. The molecule has 3 rings (SSSR count). The summed E-state index contributed by atoms with van der Waals surface area (Å²) in [5.74, 6) is -0.812. The Hall–Kier alpha value is -2.82. The normalized spacial score (nSPS) is 12.3. The maximum absolute atomic E-state index is 12.6. The standard InChI is InChI=1S/C17H15NO4/c1-10-15(12-6-3-4-7-13(12)18-10)16(19)11(2)22-17(20)14-8-5-9-21-14/h3-9,11,18H,1-2H3/t11-/m1/s1. The molecule has 0 saturated carbocycles. The minimum atomic E-state index is -0.893. The maximum Gasteiger partial charge on any atom is 0.374 e. The van der Waals surface area contributed by atoms with Crippen LogP contribution in [0.1, 0.15) is 33.5 Å². The highest BCUT2D eigenvalue weighted by Gasteiger charge is 2.25. The van der Waals surface area contributed by atoms with Gasteiger partial charge >= 0.3 is 5.97 Å². The number of benzene rings is 1. The average molecular weight is 297 g/mol. The summed E-state index contributed by atoms with van der Waals surface area (Å²) in [5, 5.41) is 0.825. The lowest BCUT2D eigenvalue weighted by Gasteiger charge is -2.11. The number of esters is 1. The van der Waals surface area contributed by atoms with Crippen LogP contribution in [0.3, 0.4) is 0 Å². The van der Waals surface area contributed by atoms with E-state index in [1.807, 2.05) is 31.2 Å². The Morgan fingerprint density at radius 3 is 2.68 bits per heavy atom. The Morgan fingerprint density at radius 1 is 1.18 bits per heavy atom. The predicted octanol–water partition coefficient (Wildman–Crippen LogP) is 3.50. The Labute approximate surface area is 126 Å². The number of H-pyrrole nitrogens is 1. The zero-order chi connectivity index (χ0) is 15.7. The molecule has 5 heteroatoms. The van der Waals surface area contributed by atoms with Gasteiger partial charge in [-0.3, -0.25) is 4.79 Å². The van der Waals surface area contributed by atoms with Gasteiger partial charge in [0.05, 0.1) is 6.26 Å². The number of Topliss-reactive ketones (excluding diaryl/α,β-unsaturated/α-hetero) is 1. The van der Waals surface area contributed by atoms with Gasteiger partial charge in [-0.2, -0.15) is 0 Å². The van der Waals surface area contributed by atoms with Gasteiger partial charge in [0.1, 0.15) is 0 Å². The van der Waals surface area contributed by atoms with Gasteiger partial charge in [-0.05, 0) is 32.0 Å². The van der Waals surface area contributed by atoms with Crippen molar-refractivity contribution in [3.63, 3.8) is 0 Å². The third-order valence-corrected chi connectivity index (χ3v) is 3.52. The van der Waals surface area contributed by atoms with E-state index in [-0.39, 0.29) is 11.5 Å². The number of para-hydroxylation sites is 1. The Balaban J connectivity index is 1.86. The van der Waals surface area contributed by atoms with Crippen LogP contribution in [0.15, 0.2) is 47.1 Å². The molecule has 0 spiro atoms. The van der Waals surface area contributed by atoms with Crippen LogP contribution in [0.2, 0.25) is 0 Å². The molecule has 0 saturated heterocycles. The summed E-state index contributed by atoms with van der Waals surface area (Å²) in [4.78, 5) is 27.6. The molecule has 0 aliphatic carbocycles. The van der Waals surface area contributed by atoms with Gasteiger partial charge in [-0.15, -0.1) is 0 Å². The van der Waals surface area contributed by atoms with Gasteiger partial charge in [0.15, 0.2) is 6.10 Å². The van der Waals surface area contributed by atoms with E-state index in [0.29, 0.717) is 5.56 Å². The first kappa shape index (κ1) is 14.1. The SMILES string of the molecule is Cc1[nH]c2ccccc2c1C(=O)[C@@H](C)OC(=O)c1ccco1. The van der Waals surface area contributed by atoms with Crippen molar-refractivity contribution in [2.24, 2.45) is 0 Å². The molecule has 2 heterocycles. The first-order valence-corrected chi connectivity index (χ1v) is 6.94. The highest BCUT2D eigenvalue weighted by Crippen LogP contribution is 2.24. The molecule has 1 atom stereocenters. The van der Waals surface area contributed by atoms with Crippen LogP contribution in [0.4, 0.5) is 0 Å². The number of nitrogens with one attached hydrogen (secondary N) is 1. The number of hydrogen-bond acceptors (Lipinski definition) is 4. The van der Waals surface area contributed by atoms with E-state index >= 15 is 0 Å². The summed E-state index contributed by atoms with van der Waals surface area (Å²) in [6, 6.07) is 10.6. The smallest absolute Gasteiger partial charge is 0.374 e. The largest absolute Gasteiger partial charge is 0.457 e. The van der Waals surface area contributed by atoms with Gasteiger partial charge in [0, 0.05) is 22.2 Å². The van der Waals surface area contributed by atoms with E-state index in [1.165, 1.54) is 12.3 Å². The van der Waals surface area contributed by atoms with Crippen molar-refractivity contribution in [3.8, 4) is 0 Å². The fraction of sp³-hybridized carbons (Fsp3) is 0.176. The number of furan rings is 1. The molecule has 0 unspecified atom stereocenters. The summed E-state index contributed by atoms with van der Waals surface area (Å²) in [6.07, 6.45) is 0.489. The highest BCUT2D eigenvalue weighted by molar-refractivity contribution is 6.11. The number of rotatable bonds is 4. The second-order valence-corrected chi connectivity index (χ2v) is 5.06. The second-order valence-electron chi connectivity index (χ2n) is 5.06. The lowest BCUT2D eigenvalue weighted by atomic mass is 10.0. The molecule has 3 aromatic rings. The average Bonchev–Trinajstić information content (AvgIpc) is 3.13. The number of ether oxygens (including phenoxy) is 1. The third kappa shape index (κ3) is 2.41. The van der Waals surface area contributed by atoms with Crippen molar-refractivity contribution in [2.45, 2.75) is 20.0 Å². The molecule has 112 valence electrons. The fourth-order valence-corrected chi connectivity index (χ4v) is 2.46. The van der Waals surface area contributed by atoms with Crippen LogP contribution < -0.4 is 0 Å². The fourth-order valence-electron chi connectivity index (χ4n) is 2.46. The molecule has 22 heavy (non-hydrogen) atoms. The minimum Gasteiger partial charge on any atom is -0.457 e. The van der Waals surface area contributed by atoms with E-state index in [0.717, 1.165) is 16.6 Å². The first-order valence-electron chi connectivity index (χ1n) is 6.94. The van der Waals surface area contributed by atoms with Crippen molar-refractivity contribution in [1.29, 1.82) is 0 Å². The summed E-state index contributed by atoms with van der Waals surface area (Å²) in [5.41, 5.74) is 2.19. The number of carbonyl (C=O) groups is 2. The lowest BCUT2D eigenvalue weighted by molar-refractivity contribution is 0.0289. The van der Waals surface area contributed by atoms with E-state index < -0.39 is 12.1 Å². The molecule has 0 bridgehead atoms. The molecule has 0 aliphatic heterocycles. The van der Waals surface area contributed by atoms with Crippen molar-refractivity contribution in [1.82, 2.24) is 4.98 Å². The van der Waals surface area contributed by atoms with Crippen molar-refractivity contribution in [3.05, 3.63) is 59.7 Å². The van der Waals surface area contributed by atoms with Crippen LogP contribution in [-0.2, 0) is 4.74 Å². The molecule has 0 amide bonds. The monoisotopic (exact) mass is 297 g/mol. The highest BCUT2D eigenvalue weighted by atomic mass is 16.6. The molecule has 2 aromatic heterocycles. The summed E-state index contributed by atoms with van der Waals surface area (Å²) in [7, 11) is 0. The van der Waals surface area contributed by atoms with Crippen LogP contribution >= 0.6 is 0 Å². The predicted molar refractivity (Wildman–Crippen MR) is 81.0 cm³/mol. The lowest BCUT2D eigenvalue weighted by Crippen LogP contribution is -2.24. The molecule has 1 aromatic carbocycles. The number of aromatic amines is 1. The Kier molecular flexibility index (Phi) is 3.55. The summed E-state index contributed by atoms with van der Waals surface area (Å²) < 4.78 is 10.2. The van der Waals surface area contributed by atoms with Gasteiger partial charge in [0.2, 0.25) is 11.5 Å². The van der Waals surface area contributed by atoms with Gasteiger partial charge in [0.25, 0.3) is 0 Å². The molecule has 0 fully saturated rings. The first-order chi connectivity index (χ1) is 10.6. The molecular weight excluding hydrogens is 282 g/mol. The number of fused-ring (bicyclic) bond motifs is 1. The Bertz CT molecular complexity index is 830. The second kappa shape index (κ2) is 5.52. The number of ketones is 1. The van der Waals surface area contributed by atoms with E-state index in [1.54, 1.807) is 13.0 Å². The van der Waals surface area contributed by atoms with Crippen molar-refractivity contribution in [2.75, 3.05) is 0 Å². The third-order valence-electron chi connectivity index (χ3n) is 3.52. The molecule has 5 nitrogen and oxygen atoms in total. The van der Waals surface area contributed by atoms with E-state index in [2.05, 4.69) is 4.98 Å². The molecule has 1 N–H and O–H groups in total. The zero-order valence-corrected chi connectivity index (χ0v) is 12.3. The number of aryl methyl sites for hydroxylation is 1. The zero-order valence-electron chi connectivity index (χ0n) is 12.3. The molecule has 0 aliphatic rings. The minimum absolute atomic E-state index is 0.0790. The van der Waals surface area contributed by atoms with Crippen LogP contribution in [0.5, 0.6) is 0 Å². The number of carbonyl (C=O) groups excluding carboxylic acids is 2. The maximum atomic E-state index is 12.6. The summed E-state index contributed by atoms with van der Waals surface area (Å²) >= 11 is 0. The number of hydrogen-bond donors (Lipinski definition) is 1. The van der Waals surface area contributed by atoms with Gasteiger partial charge < -0.3 is 14.1 Å². The van der Waals surface area contributed by atoms with Crippen molar-refractivity contribution < 1.29 is 18.7 Å². The van der Waals surface area contributed by atoms with E-state index in [9.17, 15) is 9.59 Å². The quantitative estimate of drug-likeness (QED) is 0.591. The topological polar surface area (TPSA) is 72.3 Å². The van der Waals surface area contributed by atoms with Gasteiger partial charge in [-0.25, -0.2) is 4.79 Å². The van der Waals surface area contributed by atoms with E-state index in [4.69, 9.17) is 9.15 Å². The van der Waals surface area contributed by atoms with Crippen LogP contribution in [0.25, 0.3) is 10.9 Å². The van der Waals surface area contributed by atoms with Gasteiger partial charge in [-0.1, -0.05) is 18.2 Å². The van der Waals surface area contributed by atoms with Crippen LogP contribution in [0, 0.1) is 6.92 Å². The van der Waals surface area contributed by atoms with Crippen LogP contribution in [-0.4, -0.2) is 22.8 Å². The molecule has 0 radical (unpaired) electrons. The number of aromatic nitrogens is 1.